The zero-order valence-corrected chi connectivity index (χ0v) is 11.7. The number of hydrogen-bond acceptors (Lipinski definition) is 3. The van der Waals surface area contributed by atoms with E-state index in [0.29, 0.717) is 12.8 Å². The molecule has 3 heteroatoms. The van der Waals surface area contributed by atoms with Crippen LogP contribution in [0.15, 0.2) is 61.1 Å². The monoisotopic (exact) mass is 276 g/mol. The summed E-state index contributed by atoms with van der Waals surface area (Å²) in [5.74, 6) is 0.253. The number of para-hydroxylation sites is 1. The van der Waals surface area contributed by atoms with Crippen LogP contribution in [0.3, 0.4) is 0 Å². The molecule has 0 saturated heterocycles. The van der Waals surface area contributed by atoms with Crippen molar-refractivity contribution in [2.75, 3.05) is 0 Å². The van der Waals surface area contributed by atoms with Gasteiger partial charge in [-0.2, -0.15) is 0 Å². The Morgan fingerprint density at radius 2 is 1.76 bits per heavy atom. The minimum atomic E-state index is 0.253. The van der Waals surface area contributed by atoms with Crippen molar-refractivity contribution in [1.82, 2.24) is 9.97 Å². The van der Waals surface area contributed by atoms with E-state index >= 15 is 0 Å². The first-order valence-electron chi connectivity index (χ1n) is 7.06. The molecule has 0 unspecified atom stereocenters. The van der Waals surface area contributed by atoms with Crippen LogP contribution in [-0.2, 0) is 17.6 Å². The third-order valence-electron chi connectivity index (χ3n) is 3.57. The number of carbonyl (C=O) groups is 1. The molecule has 2 heterocycles. The molecule has 3 rings (SSSR count). The van der Waals surface area contributed by atoms with E-state index in [1.165, 1.54) is 0 Å². The standard InChI is InChI=1S/C18H16N2O/c21-16(6-5-14-7-10-19-11-8-14)13-15-9-12-20-18-4-2-1-3-17(15)18/h1-4,7-12H,5-6,13H2. The Bertz CT molecular complexity index is 748. The summed E-state index contributed by atoms with van der Waals surface area (Å²) in [6.07, 6.45) is 7.08. The summed E-state index contributed by atoms with van der Waals surface area (Å²) in [5, 5.41) is 1.07. The summed E-state index contributed by atoms with van der Waals surface area (Å²) in [4.78, 5) is 20.5. The van der Waals surface area contributed by atoms with Crippen molar-refractivity contribution >= 4 is 16.7 Å². The van der Waals surface area contributed by atoms with Crippen molar-refractivity contribution in [3.05, 3.63) is 72.2 Å². The normalized spacial score (nSPS) is 10.7. The zero-order valence-electron chi connectivity index (χ0n) is 11.7. The number of ketones is 1. The third-order valence-corrected chi connectivity index (χ3v) is 3.57. The van der Waals surface area contributed by atoms with Crippen molar-refractivity contribution in [3.8, 4) is 0 Å². The fourth-order valence-corrected chi connectivity index (χ4v) is 2.44. The molecule has 0 atom stereocenters. The van der Waals surface area contributed by atoms with Gasteiger partial charge in [-0.15, -0.1) is 0 Å². The largest absolute Gasteiger partial charge is 0.299 e. The highest BCUT2D eigenvalue weighted by molar-refractivity contribution is 5.88. The van der Waals surface area contributed by atoms with Crippen LogP contribution in [0.4, 0.5) is 0 Å². The number of rotatable bonds is 5. The summed E-state index contributed by atoms with van der Waals surface area (Å²) in [6.45, 7) is 0. The zero-order chi connectivity index (χ0) is 14.5. The molecule has 0 radical (unpaired) electrons. The highest BCUT2D eigenvalue weighted by Gasteiger charge is 2.07. The maximum atomic E-state index is 12.2. The Balaban J connectivity index is 1.69. The lowest BCUT2D eigenvalue weighted by Gasteiger charge is -2.05. The highest BCUT2D eigenvalue weighted by Crippen LogP contribution is 2.17. The van der Waals surface area contributed by atoms with E-state index in [0.717, 1.165) is 28.5 Å². The molecule has 104 valence electrons. The van der Waals surface area contributed by atoms with Crippen molar-refractivity contribution < 1.29 is 4.79 Å². The maximum Gasteiger partial charge on any atom is 0.137 e. The number of pyridine rings is 2. The summed E-state index contributed by atoms with van der Waals surface area (Å²) >= 11 is 0. The van der Waals surface area contributed by atoms with Gasteiger partial charge in [0.05, 0.1) is 5.52 Å². The van der Waals surface area contributed by atoms with Crippen molar-refractivity contribution in [1.29, 1.82) is 0 Å². The summed E-state index contributed by atoms with van der Waals surface area (Å²) < 4.78 is 0. The van der Waals surface area contributed by atoms with Gasteiger partial charge in [0.2, 0.25) is 0 Å². The van der Waals surface area contributed by atoms with Crippen LogP contribution in [0.2, 0.25) is 0 Å². The number of Topliss-reactive ketones (excluding diaryl/α,β-unsaturated/α-hetero) is 1. The van der Waals surface area contributed by atoms with Gasteiger partial charge in [0, 0.05) is 36.8 Å². The molecule has 2 aromatic heterocycles. The number of hydrogen-bond donors (Lipinski definition) is 0. The van der Waals surface area contributed by atoms with Gasteiger partial charge in [-0.25, -0.2) is 0 Å². The van der Waals surface area contributed by atoms with E-state index in [4.69, 9.17) is 0 Å². The van der Waals surface area contributed by atoms with Gasteiger partial charge < -0.3 is 0 Å². The lowest BCUT2D eigenvalue weighted by Crippen LogP contribution is -2.05. The molecule has 3 nitrogen and oxygen atoms in total. The van der Waals surface area contributed by atoms with E-state index in [-0.39, 0.29) is 5.78 Å². The van der Waals surface area contributed by atoms with Crippen molar-refractivity contribution in [3.63, 3.8) is 0 Å². The fourth-order valence-electron chi connectivity index (χ4n) is 2.44. The summed E-state index contributed by atoms with van der Waals surface area (Å²) in [7, 11) is 0. The second-order valence-electron chi connectivity index (χ2n) is 5.06. The molecular formula is C18H16N2O. The van der Waals surface area contributed by atoms with Gasteiger partial charge >= 0.3 is 0 Å². The maximum absolute atomic E-state index is 12.2. The van der Waals surface area contributed by atoms with Crippen LogP contribution < -0.4 is 0 Å². The number of carbonyl (C=O) groups excluding carboxylic acids is 1. The minimum Gasteiger partial charge on any atom is -0.299 e. The van der Waals surface area contributed by atoms with Crippen LogP contribution in [0.25, 0.3) is 10.9 Å². The number of benzene rings is 1. The average Bonchev–Trinajstić information content (AvgIpc) is 2.54. The molecular weight excluding hydrogens is 260 g/mol. The quantitative estimate of drug-likeness (QED) is 0.717. The van der Waals surface area contributed by atoms with Gasteiger partial charge in [0.25, 0.3) is 0 Å². The number of nitrogens with zero attached hydrogens (tertiary/aromatic N) is 2. The molecule has 0 fully saturated rings. The molecule has 0 aliphatic heterocycles. The van der Waals surface area contributed by atoms with E-state index in [9.17, 15) is 4.79 Å². The fraction of sp³-hybridized carbons (Fsp3) is 0.167. The molecule has 0 spiro atoms. The van der Waals surface area contributed by atoms with Crippen LogP contribution in [0.5, 0.6) is 0 Å². The SMILES string of the molecule is O=C(CCc1ccncc1)Cc1ccnc2ccccc12. The van der Waals surface area contributed by atoms with E-state index in [1.54, 1.807) is 18.6 Å². The molecule has 1 aromatic carbocycles. The van der Waals surface area contributed by atoms with Gasteiger partial charge in [0.15, 0.2) is 0 Å². The number of aromatic nitrogens is 2. The molecule has 0 aliphatic carbocycles. The second kappa shape index (κ2) is 6.27. The molecule has 0 amide bonds. The predicted octanol–water partition coefficient (Wildman–Crippen LogP) is 3.37. The van der Waals surface area contributed by atoms with Gasteiger partial charge in [-0.3, -0.25) is 14.8 Å². The van der Waals surface area contributed by atoms with Gasteiger partial charge in [0.1, 0.15) is 5.78 Å². The van der Waals surface area contributed by atoms with E-state index in [2.05, 4.69) is 9.97 Å². The average molecular weight is 276 g/mol. The van der Waals surface area contributed by atoms with Crippen molar-refractivity contribution in [2.24, 2.45) is 0 Å². The van der Waals surface area contributed by atoms with E-state index < -0.39 is 0 Å². The Morgan fingerprint density at radius 3 is 2.62 bits per heavy atom. The highest BCUT2D eigenvalue weighted by atomic mass is 16.1. The van der Waals surface area contributed by atoms with Crippen molar-refractivity contribution in [2.45, 2.75) is 19.3 Å². The topological polar surface area (TPSA) is 42.9 Å². The predicted molar refractivity (Wildman–Crippen MR) is 83.0 cm³/mol. The first-order chi connectivity index (χ1) is 10.3. The van der Waals surface area contributed by atoms with Gasteiger partial charge in [-0.1, -0.05) is 18.2 Å². The Labute approximate surface area is 123 Å². The number of fused-ring (bicyclic) bond motifs is 1. The molecule has 21 heavy (non-hydrogen) atoms. The third kappa shape index (κ3) is 3.31. The second-order valence-corrected chi connectivity index (χ2v) is 5.06. The van der Waals surface area contributed by atoms with Crippen LogP contribution >= 0.6 is 0 Å². The Morgan fingerprint density at radius 1 is 0.952 bits per heavy atom. The first-order valence-corrected chi connectivity index (χ1v) is 7.06. The van der Waals surface area contributed by atoms with Gasteiger partial charge in [-0.05, 0) is 41.8 Å². The first kappa shape index (κ1) is 13.4. The van der Waals surface area contributed by atoms with Crippen LogP contribution in [0, 0.1) is 0 Å². The lowest BCUT2D eigenvalue weighted by atomic mass is 10.0. The molecule has 0 aliphatic rings. The van der Waals surface area contributed by atoms with E-state index in [1.807, 2.05) is 42.5 Å². The summed E-state index contributed by atoms with van der Waals surface area (Å²) in [5.41, 5.74) is 3.15. The summed E-state index contributed by atoms with van der Waals surface area (Å²) in [6, 6.07) is 13.8. The Hall–Kier alpha value is -2.55. The molecule has 0 N–H and O–H groups in total. The molecule has 0 saturated carbocycles. The van der Waals surface area contributed by atoms with Crippen LogP contribution in [-0.4, -0.2) is 15.8 Å². The lowest BCUT2D eigenvalue weighted by molar-refractivity contribution is -0.118. The minimum absolute atomic E-state index is 0.253. The smallest absolute Gasteiger partial charge is 0.137 e. The molecule has 0 bridgehead atoms. The molecule has 3 aromatic rings. The van der Waals surface area contributed by atoms with Crippen LogP contribution in [0.1, 0.15) is 17.5 Å². The Kier molecular flexibility index (Phi) is 4.01. The number of aryl methyl sites for hydroxylation is 1.